The summed E-state index contributed by atoms with van der Waals surface area (Å²) in [5.74, 6) is 2.49. The highest BCUT2D eigenvalue weighted by molar-refractivity contribution is 7.99. The van der Waals surface area contributed by atoms with Crippen molar-refractivity contribution >= 4 is 17.4 Å². The third-order valence-corrected chi connectivity index (χ3v) is 4.09. The van der Waals surface area contributed by atoms with E-state index in [0.29, 0.717) is 12.6 Å². The van der Waals surface area contributed by atoms with Gasteiger partial charge in [0.2, 0.25) is 0 Å². The maximum Gasteiger partial charge on any atom is 0.0598 e. The first-order chi connectivity index (χ1) is 7.33. The van der Waals surface area contributed by atoms with Crippen molar-refractivity contribution in [3.63, 3.8) is 0 Å². The van der Waals surface area contributed by atoms with E-state index in [1.807, 2.05) is 30.2 Å². The van der Waals surface area contributed by atoms with E-state index in [4.69, 9.17) is 5.73 Å². The Morgan fingerprint density at radius 2 is 2.53 bits per heavy atom. The SMILES string of the molecule is CN(c1cnccc1CN)C1CCSC1. The monoisotopic (exact) mass is 223 g/mol. The molecule has 1 aromatic heterocycles. The lowest BCUT2D eigenvalue weighted by atomic mass is 10.1. The lowest BCUT2D eigenvalue weighted by Gasteiger charge is -2.27. The predicted octanol–water partition coefficient (Wildman–Crippen LogP) is 1.48. The number of nitrogens with two attached hydrogens (primary N) is 1. The quantitative estimate of drug-likeness (QED) is 0.843. The Morgan fingerprint density at radius 1 is 1.67 bits per heavy atom. The maximum atomic E-state index is 5.73. The summed E-state index contributed by atoms with van der Waals surface area (Å²) >= 11 is 2.03. The van der Waals surface area contributed by atoms with Gasteiger partial charge in [-0.25, -0.2) is 0 Å². The molecule has 1 unspecified atom stereocenters. The molecular formula is C11H17N3S. The molecule has 1 atom stereocenters. The zero-order valence-corrected chi connectivity index (χ0v) is 9.83. The number of pyridine rings is 1. The average Bonchev–Trinajstić information content (AvgIpc) is 2.81. The molecule has 1 aliphatic rings. The molecule has 1 saturated heterocycles. The van der Waals surface area contributed by atoms with E-state index in [1.54, 1.807) is 0 Å². The number of hydrogen-bond donors (Lipinski definition) is 1. The van der Waals surface area contributed by atoms with Gasteiger partial charge in [-0.2, -0.15) is 11.8 Å². The lowest BCUT2D eigenvalue weighted by Crippen LogP contribution is -2.32. The van der Waals surface area contributed by atoms with Crippen LogP contribution in [0.25, 0.3) is 0 Å². The van der Waals surface area contributed by atoms with E-state index in [1.165, 1.54) is 29.2 Å². The van der Waals surface area contributed by atoms with Gasteiger partial charge in [-0.3, -0.25) is 4.98 Å². The highest BCUT2D eigenvalue weighted by Crippen LogP contribution is 2.27. The molecular weight excluding hydrogens is 206 g/mol. The number of thioether (sulfide) groups is 1. The van der Waals surface area contributed by atoms with E-state index in [0.717, 1.165) is 0 Å². The minimum atomic E-state index is 0.585. The Kier molecular flexibility index (Phi) is 3.49. The molecule has 0 bridgehead atoms. The second-order valence-electron chi connectivity index (χ2n) is 3.84. The van der Waals surface area contributed by atoms with Crippen LogP contribution in [0.2, 0.25) is 0 Å². The fraction of sp³-hybridized carbons (Fsp3) is 0.545. The van der Waals surface area contributed by atoms with E-state index in [2.05, 4.69) is 16.9 Å². The predicted molar refractivity (Wildman–Crippen MR) is 66.3 cm³/mol. The molecule has 0 radical (unpaired) electrons. The van der Waals surface area contributed by atoms with Crippen LogP contribution in [0, 0.1) is 0 Å². The van der Waals surface area contributed by atoms with Crippen molar-refractivity contribution in [2.45, 2.75) is 19.0 Å². The Balaban J connectivity index is 2.19. The zero-order chi connectivity index (χ0) is 10.7. The average molecular weight is 223 g/mol. The van der Waals surface area contributed by atoms with Gasteiger partial charge in [0.25, 0.3) is 0 Å². The summed E-state index contributed by atoms with van der Waals surface area (Å²) in [6, 6.07) is 2.65. The molecule has 3 nitrogen and oxygen atoms in total. The molecule has 2 rings (SSSR count). The molecule has 1 aromatic rings. The molecule has 1 fully saturated rings. The molecule has 4 heteroatoms. The number of nitrogens with zero attached hydrogens (tertiary/aromatic N) is 2. The van der Waals surface area contributed by atoms with Crippen LogP contribution in [0.4, 0.5) is 5.69 Å². The molecule has 0 aliphatic carbocycles. The van der Waals surface area contributed by atoms with Crippen LogP contribution in [0.5, 0.6) is 0 Å². The summed E-state index contributed by atoms with van der Waals surface area (Å²) in [6.07, 6.45) is 4.99. The minimum Gasteiger partial charge on any atom is -0.369 e. The molecule has 2 N–H and O–H groups in total. The maximum absolute atomic E-state index is 5.73. The summed E-state index contributed by atoms with van der Waals surface area (Å²) < 4.78 is 0. The number of aromatic nitrogens is 1. The summed E-state index contributed by atoms with van der Waals surface area (Å²) in [7, 11) is 2.15. The fourth-order valence-corrected chi connectivity index (χ4v) is 3.20. The van der Waals surface area contributed by atoms with Crippen LogP contribution < -0.4 is 10.6 Å². The Hall–Kier alpha value is -0.740. The molecule has 82 valence electrons. The van der Waals surface area contributed by atoms with Gasteiger partial charge in [0.1, 0.15) is 0 Å². The molecule has 1 aliphatic heterocycles. The lowest BCUT2D eigenvalue weighted by molar-refractivity contribution is 0.695. The summed E-state index contributed by atoms with van der Waals surface area (Å²) in [5.41, 5.74) is 8.10. The van der Waals surface area contributed by atoms with E-state index in [-0.39, 0.29) is 0 Å². The second-order valence-corrected chi connectivity index (χ2v) is 4.99. The van der Waals surface area contributed by atoms with Crippen molar-refractivity contribution in [3.05, 3.63) is 24.0 Å². The van der Waals surface area contributed by atoms with E-state index >= 15 is 0 Å². The fourth-order valence-electron chi connectivity index (χ4n) is 1.93. The highest BCUT2D eigenvalue weighted by atomic mass is 32.2. The van der Waals surface area contributed by atoms with Crippen LogP contribution in [0.3, 0.4) is 0 Å². The Labute approximate surface area is 95.1 Å². The molecule has 0 spiro atoms. The van der Waals surface area contributed by atoms with Crippen molar-refractivity contribution < 1.29 is 0 Å². The van der Waals surface area contributed by atoms with Crippen molar-refractivity contribution in [1.29, 1.82) is 0 Å². The smallest absolute Gasteiger partial charge is 0.0598 e. The first kappa shape index (κ1) is 10.8. The molecule has 0 aromatic carbocycles. The third kappa shape index (κ3) is 2.26. The molecule has 15 heavy (non-hydrogen) atoms. The number of hydrogen-bond acceptors (Lipinski definition) is 4. The standard InChI is InChI=1S/C11H17N3S/c1-14(10-3-5-15-8-10)11-7-13-4-2-9(11)6-12/h2,4,7,10H,3,5-6,8,12H2,1H3. The second kappa shape index (κ2) is 4.86. The van der Waals surface area contributed by atoms with E-state index < -0.39 is 0 Å². The molecule has 2 heterocycles. The van der Waals surface area contributed by atoms with Crippen LogP contribution in [-0.2, 0) is 6.54 Å². The highest BCUT2D eigenvalue weighted by Gasteiger charge is 2.21. The van der Waals surface area contributed by atoms with Crippen LogP contribution >= 0.6 is 11.8 Å². The van der Waals surface area contributed by atoms with Crippen LogP contribution in [0.15, 0.2) is 18.5 Å². The van der Waals surface area contributed by atoms with Gasteiger partial charge in [-0.05, 0) is 23.8 Å². The zero-order valence-electron chi connectivity index (χ0n) is 9.02. The van der Waals surface area contributed by atoms with Crippen molar-refractivity contribution in [3.8, 4) is 0 Å². The Bertz CT molecular complexity index is 323. The van der Waals surface area contributed by atoms with Crippen LogP contribution in [-0.4, -0.2) is 29.6 Å². The third-order valence-electron chi connectivity index (χ3n) is 2.94. The van der Waals surface area contributed by atoms with Gasteiger partial charge in [0.15, 0.2) is 0 Å². The van der Waals surface area contributed by atoms with Gasteiger partial charge in [0, 0.05) is 31.6 Å². The van der Waals surface area contributed by atoms with E-state index in [9.17, 15) is 0 Å². The van der Waals surface area contributed by atoms with Gasteiger partial charge in [-0.1, -0.05) is 0 Å². The number of anilines is 1. The Morgan fingerprint density at radius 3 is 3.20 bits per heavy atom. The van der Waals surface area contributed by atoms with Gasteiger partial charge < -0.3 is 10.6 Å². The summed E-state index contributed by atoms with van der Waals surface area (Å²) in [4.78, 5) is 6.51. The summed E-state index contributed by atoms with van der Waals surface area (Å²) in [5, 5.41) is 0. The first-order valence-corrected chi connectivity index (χ1v) is 6.42. The first-order valence-electron chi connectivity index (χ1n) is 5.26. The van der Waals surface area contributed by atoms with Crippen molar-refractivity contribution in [2.24, 2.45) is 5.73 Å². The van der Waals surface area contributed by atoms with Gasteiger partial charge in [0.05, 0.1) is 11.9 Å². The number of rotatable bonds is 3. The normalized spacial score (nSPS) is 20.5. The van der Waals surface area contributed by atoms with Crippen molar-refractivity contribution in [2.75, 3.05) is 23.5 Å². The van der Waals surface area contributed by atoms with Crippen molar-refractivity contribution in [1.82, 2.24) is 4.98 Å². The van der Waals surface area contributed by atoms with Crippen LogP contribution in [0.1, 0.15) is 12.0 Å². The van der Waals surface area contributed by atoms with Gasteiger partial charge in [-0.15, -0.1) is 0 Å². The molecule has 0 saturated carbocycles. The minimum absolute atomic E-state index is 0.585. The molecule has 0 amide bonds. The summed E-state index contributed by atoms with van der Waals surface area (Å²) in [6.45, 7) is 0.585. The largest absolute Gasteiger partial charge is 0.369 e. The topological polar surface area (TPSA) is 42.2 Å². The van der Waals surface area contributed by atoms with Gasteiger partial charge >= 0.3 is 0 Å².